The number of rotatable bonds is 12. The molecular weight excluding hydrogens is 252 g/mol. The first-order valence-electron chi connectivity index (χ1n) is 7.63. The molecule has 0 rings (SSSR count). The second-order valence-electron chi connectivity index (χ2n) is 4.94. The number of carbonyl (C=O) groups excluding carboxylic acids is 2. The molecule has 0 aromatic heterocycles. The first-order valence-corrected chi connectivity index (χ1v) is 7.63. The molecule has 0 saturated carbocycles. The van der Waals surface area contributed by atoms with E-state index in [1.807, 2.05) is 12.2 Å². The molecule has 0 radical (unpaired) electrons. The minimum absolute atomic E-state index is 0.0826. The zero-order chi connectivity index (χ0) is 15.1. The SMILES string of the molecule is CCCCCCCCC=CC=CCC(=O)COC(C)=O. The van der Waals surface area contributed by atoms with Gasteiger partial charge in [-0.25, -0.2) is 0 Å². The summed E-state index contributed by atoms with van der Waals surface area (Å²) < 4.78 is 4.61. The summed E-state index contributed by atoms with van der Waals surface area (Å²) in [6, 6.07) is 0. The minimum Gasteiger partial charge on any atom is -0.458 e. The van der Waals surface area contributed by atoms with Gasteiger partial charge in [0.15, 0.2) is 5.78 Å². The molecule has 3 nitrogen and oxygen atoms in total. The summed E-state index contributed by atoms with van der Waals surface area (Å²) in [6.45, 7) is 3.40. The Labute approximate surface area is 123 Å². The minimum atomic E-state index is -0.416. The maximum atomic E-state index is 11.3. The van der Waals surface area contributed by atoms with Crippen LogP contribution in [-0.4, -0.2) is 18.4 Å². The van der Waals surface area contributed by atoms with E-state index in [0.717, 1.165) is 6.42 Å². The van der Waals surface area contributed by atoms with E-state index in [2.05, 4.69) is 17.7 Å². The van der Waals surface area contributed by atoms with E-state index in [1.54, 1.807) is 6.08 Å². The number of ether oxygens (including phenoxy) is 1. The van der Waals surface area contributed by atoms with Gasteiger partial charge in [0.05, 0.1) is 0 Å². The average molecular weight is 280 g/mol. The molecule has 3 heteroatoms. The van der Waals surface area contributed by atoms with Crippen LogP contribution in [0.1, 0.15) is 65.2 Å². The lowest BCUT2D eigenvalue weighted by Gasteiger charge is -1.97. The summed E-state index contributed by atoms with van der Waals surface area (Å²) in [5.41, 5.74) is 0. The number of ketones is 1. The molecular formula is C17H28O3. The van der Waals surface area contributed by atoms with Crippen LogP contribution in [-0.2, 0) is 14.3 Å². The van der Waals surface area contributed by atoms with Crippen molar-refractivity contribution in [2.24, 2.45) is 0 Å². The zero-order valence-corrected chi connectivity index (χ0v) is 12.9. The lowest BCUT2D eigenvalue weighted by atomic mass is 10.1. The standard InChI is InChI=1S/C17H28O3/c1-3-4-5-6-7-8-9-10-11-12-13-14-17(19)15-20-16(2)18/h10-13H,3-9,14-15H2,1-2H3. The summed E-state index contributed by atoms with van der Waals surface area (Å²) >= 11 is 0. The van der Waals surface area contributed by atoms with Crippen molar-refractivity contribution in [2.45, 2.75) is 65.2 Å². The maximum Gasteiger partial charge on any atom is 0.303 e. The van der Waals surface area contributed by atoms with Gasteiger partial charge in [-0.15, -0.1) is 0 Å². The van der Waals surface area contributed by atoms with Gasteiger partial charge in [0.1, 0.15) is 6.61 Å². The van der Waals surface area contributed by atoms with E-state index in [0.29, 0.717) is 6.42 Å². The number of hydrogen-bond acceptors (Lipinski definition) is 3. The Hall–Kier alpha value is -1.38. The predicted molar refractivity (Wildman–Crippen MR) is 82.5 cm³/mol. The van der Waals surface area contributed by atoms with Crippen LogP contribution in [0.2, 0.25) is 0 Å². The molecule has 0 N–H and O–H groups in total. The third kappa shape index (κ3) is 14.7. The molecule has 0 spiro atoms. The van der Waals surface area contributed by atoms with E-state index in [9.17, 15) is 9.59 Å². The van der Waals surface area contributed by atoms with Crippen molar-refractivity contribution in [3.05, 3.63) is 24.3 Å². The van der Waals surface area contributed by atoms with Crippen LogP contribution in [0, 0.1) is 0 Å². The van der Waals surface area contributed by atoms with Gasteiger partial charge in [-0.05, 0) is 12.8 Å². The third-order valence-corrected chi connectivity index (χ3v) is 2.89. The van der Waals surface area contributed by atoms with E-state index < -0.39 is 5.97 Å². The van der Waals surface area contributed by atoms with Crippen molar-refractivity contribution < 1.29 is 14.3 Å². The predicted octanol–water partition coefficient (Wildman–Crippen LogP) is 4.37. The van der Waals surface area contributed by atoms with Gasteiger partial charge in [0.2, 0.25) is 0 Å². The summed E-state index contributed by atoms with van der Waals surface area (Å²) in [5, 5.41) is 0. The monoisotopic (exact) mass is 280 g/mol. The largest absolute Gasteiger partial charge is 0.458 e. The van der Waals surface area contributed by atoms with Crippen molar-refractivity contribution in [1.29, 1.82) is 0 Å². The van der Waals surface area contributed by atoms with Crippen LogP contribution in [0.5, 0.6) is 0 Å². The van der Waals surface area contributed by atoms with Crippen LogP contribution in [0.3, 0.4) is 0 Å². The summed E-state index contributed by atoms with van der Waals surface area (Å²) in [6.07, 6.45) is 17.1. The van der Waals surface area contributed by atoms with Gasteiger partial charge < -0.3 is 4.74 Å². The second-order valence-corrected chi connectivity index (χ2v) is 4.94. The van der Waals surface area contributed by atoms with E-state index >= 15 is 0 Å². The van der Waals surface area contributed by atoms with E-state index in [1.165, 1.54) is 45.4 Å². The number of unbranched alkanes of at least 4 members (excludes halogenated alkanes) is 6. The quantitative estimate of drug-likeness (QED) is 0.303. The highest BCUT2D eigenvalue weighted by Gasteiger charge is 2.00. The maximum absolute atomic E-state index is 11.3. The fourth-order valence-electron chi connectivity index (χ4n) is 1.74. The average Bonchev–Trinajstić information content (AvgIpc) is 2.42. The molecule has 0 atom stereocenters. The third-order valence-electron chi connectivity index (χ3n) is 2.89. The Bertz CT molecular complexity index is 316. The first kappa shape index (κ1) is 18.6. The second kappa shape index (κ2) is 14.0. The molecule has 0 aromatic rings. The molecule has 0 heterocycles. The molecule has 0 unspecified atom stereocenters. The molecule has 0 amide bonds. The molecule has 0 aliphatic heterocycles. The van der Waals surface area contributed by atoms with E-state index in [4.69, 9.17) is 0 Å². The lowest BCUT2D eigenvalue weighted by molar-refractivity contribution is -0.145. The molecule has 20 heavy (non-hydrogen) atoms. The number of Topliss-reactive ketones (excluding diaryl/α,β-unsaturated/α-hetero) is 1. The normalized spacial score (nSPS) is 11.3. The Kier molecular flexibility index (Phi) is 13.1. The number of carbonyl (C=O) groups is 2. The van der Waals surface area contributed by atoms with Gasteiger partial charge in [0.25, 0.3) is 0 Å². The topological polar surface area (TPSA) is 43.4 Å². The Balaban J connectivity index is 3.43. The Morgan fingerprint density at radius 2 is 1.60 bits per heavy atom. The van der Waals surface area contributed by atoms with Gasteiger partial charge in [-0.3, -0.25) is 9.59 Å². The molecule has 114 valence electrons. The Morgan fingerprint density at radius 1 is 0.950 bits per heavy atom. The molecule has 0 aromatic carbocycles. The lowest BCUT2D eigenvalue weighted by Crippen LogP contribution is -2.10. The summed E-state index contributed by atoms with van der Waals surface area (Å²) in [7, 11) is 0. The number of allylic oxidation sites excluding steroid dienone is 4. The molecule has 0 aliphatic rings. The highest BCUT2D eigenvalue weighted by atomic mass is 16.5. The van der Waals surface area contributed by atoms with Crippen molar-refractivity contribution in [3.63, 3.8) is 0 Å². The van der Waals surface area contributed by atoms with Crippen molar-refractivity contribution in [1.82, 2.24) is 0 Å². The van der Waals surface area contributed by atoms with Crippen LogP contribution in [0.15, 0.2) is 24.3 Å². The van der Waals surface area contributed by atoms with Gasteiger partial charge >= 0.3 is 5.97 Å². The molecule has 0 aliphatic carbocycles. The van der Waals surface area contributed by atoms with Crippen molar-refractivity contribution in [3.8, 4) is 0 Å². The smallest absolute Gasteiger partial charge is 0.303 e. The Morgan fingerprint density at radius 3 is 2.30 bits per heavy atom. The summed E-state index contributed by atoms with van der Waals surface area (Å²) in [4.78, 5) is 21.8. The van der Waals surface area contributed by atoms with E-state index in [-0.39, 0.29) is 12.4 Å². The highest BCUT2D eigenvalue weighted by molar-refractivity contribution is 5.83. The van der Waals surface area contributed by atoms with Crippen LogP contribution in [0.25, 0.3) is 0 Å². The van der Waals surface area contributed by atoms with Crippen LogP contribution < -0.4 is 0 Å². The highest BCUT2D eigenvalue weighted by Crippen LogP contribution is 2.07. The van der Waals surface area contributed by atoms with Gasteiger partial charge in [-0.2, -0.15) is 0 Å². The molecule has 0 bridgehead atoms. The van der Waals surface area contributed by atoms with Crippen LogP contribution in [0.4, 0.5) is 0 Å². The fourth-order valence-corrected chi connectivity index (χ4v) is 1.74. The van der Waals surface area contributed by atoms with Gasteiger partial charge in [-0.1, -0.05) is 63.3 Å². The van der Waals surface area contributed by atoms with Crippen LogP contribution >= 0.6 is 0 Å². The molecule has 0 fully saturated rings. The first-order chi connectivity index (χ1) is 9.66. The van der Waals surface area contributed by atoms with Gasteiger partial charge in [0, 0.05) is 13.3 Å². The number of esters is 1. The number of hydrogen-bond donors (Lipinski definition) is 0. The van der Waals surface area contributed by atoms with Crippen molar-refractivity contribution in [2.75, 3.05) is 6.61 Å². The fraction of sp³-hybridized carbons (Fsp3) is 0.647. The zero-order valence-electron chi connectivity index (χ0n) is 12.9. The summed E-state index contributed by atoms with van der Waals surface area (Å²) in [5.74, 6) is -0.498. The molecule has 0 saturated heterocycles. The van der Waals surface area contributed by atoms with Crippen molar-refractivity contribution >= 4 is 11.8 Å².